The summed E-state index contributed by atoms with van der Waals surface area (Å²) in [5.41, 5.74) is 0. The van der Waals surface area contributed by atoms with Gasteiger partial charge < -0.3 is 18.9 Å². The summed E-state index contributed by atoms with van der Waals surface area (Å²) in [6.07, 6.45) is -4.09. The van der Waals surface area contributed by atoms with Gasteiger partial charge in [-0.1, -0.05) is 26.3 Å². The van der Waals surface area contributed by atoms with E-state index in [0.29, 0.717) is 0 Å². The van der Waals surface area contributed by atoms with Crippen molar-refractivity contribution in [2.45, 2.75) is 6.16 Å². The van der Waals surface area contributed by atoms with Gasteiger partial charge in [0.05, 0.1) is 0 Å². The molecule has 0 atom stereocenters. The van der Waals surface area contributed by atoms with Crippen molar-refractivity contribution < 1.29 is 55.7 Å². The zero-order valence-corrected chi connectivity index (χ0v) is 12.1. The molecule has 0 fully saturated rings. The van der Waals surface area contributed by atoms with Gasteiger partial charge in [-0.05, 0) is 0 Å². The van der Waals surface area contributed by atoms with Crippen LogP contribution in [0.25, 0.3) is 0 Å². The predicted octanol–water partition coefficient (Wildman–Crippen LogP) is 1.70. The van der Waals surface area contributed by atoms with Crippen molar-refractivity contribution in [1.82, 2.24) is 0 Å². The Morgan fingerprint density at radius 1 is 0.520 bits per heavy atom. The van der Waals surface area contributed by atoms with Crippen LogP contribution in [-0.2, 0) is 38.1 Å². The van der Waals surface area contributed by atoms with Crippen molar-refractivity contribution in [2.75, 3.05) is 0 Å². The summed E-state index contributed by atoms with van der Waals surface area (Å²) in [5.74, 6) is -16.5. The van der Waals surface area contributed by atoms with E-state index in [1.165, 1.54) is 0 Å². The molecule has 0 radical (unpaired) electrons. The van der Waals surface area contributed by atoms with E-state index in [4.69, 9.17) is 0 Å². The molecule has 25 heavy (non-hydrogen) atoms. The van der Waals surface area contributed by atoms with Crippen molar-refractivity contribution in [3.63, 3.8) is 0 Å². The minimum Gasteiger partial charge on any atom is -0.346 e. The van der Waals surface area contributed by atoms with E-state index >= 15 is 0 Å². The van der Waals surface area contributed by atoms with Gasteiger partial charge in [0, 0.05) is 0 Å². The number of carbonyl (C=O) groups excluding carboxylic acids is 4. The van der Waals surface area contributed by atoms with Gasteiger partial charge in [0.25, 0.3) is 0 Å². The summed E-state index contributed by atoms with van der Waals surface area (Å²) in [6.45, 7) is 9.78. The van der Waals surface area contributed by atoms with Crippen molar-refractivity contribution in [2.24, 2.45) is 0 Å². The molecule has 8 nitrogen and oxygen atoms in total. The lowest BCUT2D eigenvalue weighted by Gasteiger charge is -2.27. The Kier molecular flexibility index (Phi) is 7.26. The zero-order chi connectivity index (χ0) is 19.9. The Labute approximate surface area is 136 Å². The maximum Gasteiger partial charge on any atom is 0.620 e. The minimum absolute atomic E-state index is 1.93. The smallest absolute Gasteiger partial charge is 0.346 e. The van der Waals surface area contributed by atoms with Crippen molar-refractivity contribution >= 4 is 23.9 Å². The van der Waals surface area contributed by atoms with Crippen molar-refractivity contribution in [1.29, 1.82) is 0 Å². The highest BCUT2D eigenvalue weighted by Crippen LogP contribution is 2.24. The van der Waals surface area contributed by atoms with Crippen LogP contribution in [0.3, 0.4) is 0 Å². The molecule has 136 valence electrons. The second-order valence-electron chi connectivity index (χ2n) is 3.68. The molecule has 0 aromatic carbocycles. The largest absolute Gasteiger partial charge is 0.620 e. The molecule has 0 amide bonds. The molecule has 0 bridgehead atoms. The molecule has 0 aliphatic rings. The lowest BCUT2D eigenvalue weighted by Crippen LogP contribution is -2.48. The molecule has 0 saturated heterocycles. The summed E-state index contributed by atoms with van der Waals surface area (Å²) in [6, 6.07) is 0. The third-order valence-corrected chi connectivity index (χ3v) is 1.76. The van der Waals surface area contributed by atoms with Crippen LogP contribution in [0, 0.1) is 0 Å². The minimum atomic E-state index is -4.09. The maximum atomic E-state index is 12.7. The fourth-order valence-electron chi connectivity index (χ4n) is 0.801. The number of esters is 4. The van der Waals surface area contributed by atoms with Crippen LogP contribution in [0.15, 0.2) is 49.6 Å². The number of hydrogen-bond acceptors (Lipinski definition) is 8. The Bertz CT molecular complexity index is 564. The van der Waals surface area contributed by atoms with Crippen LogP contribution in [0.2, 0.25) is 0 Å². The van der Waals surface area contributed by atoms with Crippen molar-refractivity contribution in [3.8, 4) is 0 Å². The number of halogens is 4. The molecule has 0 aromatic rings. The fraction of sp³-hybridized carbons (Fsp3) is 0.0769. The van der Waals surface area contributed by atoms with E-state index in [9.17, 15) is 36.7 Å². The standard InChI is InChI=1S/C13H8F4O8/c1-5(14)9(18)22-13(23-10(19)6(2)15,24-11(20)7(3)16)25-12(21)8(4)17/h1-4H2. The first-order valence-corrected chi connectivity index (χ1v) is 5.62. The highest BCUT2D eigenvalue weighted by Gasteiger charge is 2.52. The Hall–Kier alpha value is -3.44. The van der Waals surface area contributed by atoms with Gasteiger partial charge in [0.1, 0.15) is 0 Å². The molecule has 0 N–H and O–H groups in total. The van der Waals surface area contributed by atoms with Crippen molar-refractivity contribution in [3.05, 3.63) is 49.6 Å². The first-order valence-electron chi connectivity index (χ1n) is 5.62. The van der Waals surface area contributed by atoms with E-state index in [-0.39, 0.29) is 0 Å². The maximum absolute atomic E-state index is 12.7. The fourth-order valence-corrected chi connectivity index (χ4v) is 0.801. The Balaban J connectivity index is 6.05. The summed E-state index contributed by atoms with van der Waals surface area (Å²) in [7, 11) is 0. The lowest BCUT2D eigenvalue weighted by atomic mass is 10.6. The van der Waals surface area contributed by atoms with E-state index in [1.54, 1.807) is 0 Å². The predicted molar refractivity (Wildman–Crippen MR) is 68.1 cm³/mol. The molecule has 0 spiro atoms. The third-order valence-electron chi connectivity index (χ3n) is 1.76. The van der Waals surface area contributed by atoms with Gasteiger partial charge >= 0.3 is 30.0 Å². The van der Waals surface area contributed by atoms with E-state index in [0.717, 1.165) is 0 Å². The van der Waals surface area contributed by atoms with Crippen LogP contribution >= 0.6 is 0 Å². The molecule has 0 aliphatic carbocycles. The molecule has 0 aromatic heterocycles. The van der Waals surface area contributed by atoms with Crippen LogP contribution in [0.1, 0.15) is 0 Å². The highest BCUT2D eigenvalue weighted by molar-refractivity contribution is 5.90. The normalized spacial score (nSPS) is 10.1. The van der Waals surface area contributed by atoms with Gasteiger partial charge in [-0.3, -0.25) is 0 Å². The van der Waals surface area contributed by atoms with Gasteiger partial charge in [0.2, 0.25) is 23.3 Å². The van der Waals surface area contributed by atoms with Crippen LogP contribution < -0.4 is 0 Å². The first-order chi connectivity index (χ1) is 11.3. The summed E-state index contributed by atoms with van der Waals surface area (Å²) >= 11 is 0. The van der Waals surface area contributed by atoms with Gasteiger partial charge in [0.15, 0.2) is 0 Å². The number of hydrogen-bond donors (Lipinski definition) is 0. The van der Waals surface area contributed by atoms with Crippen LogP contribution in [0.5, 0.6) is 0 Å². The van der Waals surface area contributed by atoms with E-state index in [2.05, 4.69) is 45.3 Å². The van der Waals surface area contributed by atoms with Gasteiger partial charge in [-0.25, -0.2) is 19.2 Å². The molecular weight excluding hydrogens is 360 g/mol. The zero-order valence-electron chi connectivity index (χ0n) is 12.1. The molecule has 0 saturated carbocycles. The first kappa shape index (κ1) is 21.6. The topological polar surface area (TPSA) is 105 Å². The summed E-state index contributed by atoms with van der Waals surface area (Å²) < 4.78 is 66.6. The molecular formula is C13H8F4O8. The number of carbonyl (C=O) groups is 4. The number of rotatable bonds is 8. The second-order valence-corrected chi connectivity index (χ2v) is 3.68. The molecule has 0 aliphatic heterocycles. The molecule has 0 heterocycles. The van der Waals surface area contributed by atoms with E-state index in [1.807, 2.05) is 0 Å². The highest BCUT2D eigenvalue weighted by atomic mass is 19.1. The van der Waals surface area contributed by atoms with Gasteiger partial charge in [-0.2, -0.15) is 17.6 Å². The van der Waals surface area contributed by atoms with Gasteiger partial charge in [-0.15, -0.1) is 0 Å². The third kappa shape index (κ3) is 6.68. The molecule has 0 unspecified atom stereocenters. The average Bonchev–Trinajstić information content (AvgIpc) is 2.46. The SMILES string of the molecule is C=C(F)C(=O)OC(OC(=O)C(=C)F)(OC(=O)C(=C)F)OC(=O)C(=C)F. The molecule has 0 rings (SSSR count). The quantitative estimate of drug-likeness (QED) is 0.276. The summed E-state index contributed by atoms with van der Waals surface area (Å²) in [5, 5.41) is 0. The van der Waals surface area contributed by atoms with E-state index < -0.39 is 53.3 Å². The number of ether oxygens (including phenoxy) is 4. The average molecular weight is 368 g/mol. The second kappa shape index (κ2) is 8.42. The monoisotopic (exact) mass is 368 g/mol. The summed E-state index contributed by atoms with van der Waals surface area (Å²) in [4.78, 5) is 44.8. The lowest BCUT2D eigenvalue weighted by molar-refractivity contribution is -0.429. The van der Waals surface area contributed by atoms with Crippen LogP contribution in [-0.4, -0.2) is 30.0 Å². The molecule has 12 heteroatoms. The Morgan fingerprint density at radius 2 is 0.680 bits per heavy atom. The Morgan fingerprint density at radius 3 is 0.800 bits per heavy atom. The van der Waals surface area contributed by atoms with Crippen LogP contribution in [0.4, 0.5) is 17.6 Å².